The van der Waals surface area contributed by atoms with E-state index < -0.39 is 0 Å². The summed E-state index contributed by atoms with van der Waals surface area (Å²) in [6.07, 6.45) is 13.5. The van der Waals surface area contributed by atoms with Crippen LogP contribution in [0.3, 0.4) is 0 Å². The van der Waals surface area contributed by atoms with Gasteiger partial charge in [-0.2, -0.15) is 0 Å². The summed E-state index contributed by atoms with van der Waals surface area (Å²) in [4.78, 5) is 0. The first-order valence-electron chi connectivity index (χ1n) is 10.2. The van der Waals surface area contributed by atoms with Crippen molar-refractivity contribution in [2.45, 2.75) is 103 Å². The third-order valence-corrected chi connectivity index (χ3v) is 5.13. The highest BCUT2D eigenvalue weighted by atomic mass is 14.8. The first-order valence-corrected chi connectivity index (χ1v) is 10.2. The second-order valence-electron chi connectivity index (χ2n) is 8.65. The van der Waals surface area contributed by atoms with Crippen LogP contribution >= 0.6 is 0 Å². The molecule has 0 aromatic heterocycles. The van der Waals surface area contributed by atoms with Gasteiger partial charge in [0.05, 0.1) is 0 Å². The summed E-state index contributed by atoms with van der Waals surface area (Å²) in [7, 11) is 0. The van der Waals surface area contributed by atoms with Gasteiger partial charge < -0.3 is 22.9 Å². The molecule has 4 heteroatoms. The fourth-order valence-corrected chi connectivity index (χ4v) is 3.70. The fraction of sp³-hybridized carbons (Fsp3) is 1.00. The van der Waals surface area contributed by atoms with Gasteiger partial charge >= 0.3 is 0 Å². The molecular weight excluding hydrogens is 296 g/mol. The predicted octanol–water partition coefficient (Wildman–Crippen LogP) is 3.51. The van der Waals surface area contributed by atoms with Crippen LogP contribution in [0.5, 0.6) is 0 Å². The molecule has 146 valence electrons. The third-order valence-electron chi connectivity index (χ3n) is 5.13. The van der Waals surface area contributed by atoms with Gasteiger partial charge in [-0.25, -0.2) is 0 Å². The molecule has 0 saturated heterocycles. The van der Waals surface area contributed by atoms with E-state index in [1.165, 1.54) is 51.4 Å². The summed E-state index contributed by atoms with van der Waals surface area (Å²) in [5.41, 5.74) is 24.2. The number of hydrogen-bond donors (Lipinski definition) is 4. The van der Waals surface area contributed by atoms with Gasteiger partial charge in [0.1, 0.15) is 0 Å². The Morgan fingerprint density at radius 3 is 1.71 bits per heavy atom. The Hall–Kier alpha value is -0.160. The molecule has 0 fully saturated rings. The minimum absolute atomic E-state index is 0.0984. The summed E-state index contributed by atoms with van der Waals surface area (Å²) in [5.74, 6) is 0.549. The van der Waals surface area contributed by atoms with Crippen LogP contribution in [-0.4, -0.2) is 25.2 Å². The third kappa shape index (κ3) is 13.2. The molecular formula is C20H46N4. The van der Waals surface area contributed by atoms with Gasteiger partial charge in [-0.1, -0.05) is 65.7 Å². The quantitative estimate of drug-likeness (QED) is 0.322. The van der Waals surface area contributed by atoms with Crippen LogP contribution in [0.2, 0.25) is 0 Å². The molecule has 0 aliphatic carbocycles. The lowest BCUT2D eigenvalue weighted by Gasteiger charge is -2.32. The lowest BCUT2D eigenvalue weighted by Crippen LogP contribution is -2.44. The van der Waals surface area contributed by atoms with Gasteiger partial charge in [0.15, 0.2) is 0 Å². The van der Waals surface area contributed by atoms with Gasteiger partial charge in [-0.3, -0.25) is 0 Å². The molecule has 4 nitrogen and oxygen atoms in total. The van der Waals surface area contributed by atoms with Crippen molar-refractivity contribution in [1.82, 2.24) is 0 Å². The summed E-state index contributed by atoms with van der Waals surface area (Å²) in [6.45, 7) is 8.37. The molecule has 0 amide bonds. The first-order chi connectivity index (χ1) is 11.3. The van der Waals surface area contributed by atoms with Crippen LogP contribution in [0.25, 0.3) is 0 Å². The topological polar surface area (TPSA) is 104 Å². The maximum atomic E-state index is 6.36. The van der Waals surface area contributed by atoms with E-state index in [-0.39, 0.29) is 17.5 Å². The van der Waals surface area contributed by atoms with Crippen molar-refractivity contribution in [2.75, 3.05) is 13.1 Å². The maximum Gasteiger partial charge on any atom is 0.0197 e. The van der Waals surface area contributed by atoms with Crippen LogP contribution in [-0.2, 0) is 0 Å². The van der Waals surface area contributed by atoms with Gasteiger partial charge in [-0.15, -0.1) is 0 Å². The SMILES string of the molecule is CC(CN)CC(C)(C)CC(N)C(N)CCCCCCCCCCN. The Balaban J connectivity index is 3.73. The molecule has 0 heterocycles. The monoisotopic (exact) mass is 342 g/mol. The molecule has 0 aliphatic rings. The number of rotatable bonds is 16. The molecule has 0 spiro atoms. The van der Waals surface area contributed by atoms with E-state index >= 15 is 0 Å². The van der Waals surface area contributed by atoms with Crippen molar-refractivity contribution in [2.24, 2.45) is 34.3 Å². The zero-order chi connectivity index (χ0) is 18.4. The zero-order valence-electron chi connectivity index (χ0n) is 16.7. The largest absolute Gasteiger partial charge is 0.330 e. The van der Waals surface area contributed by atoms with E-state index in [1.54, 1.807) is 0 Å². The van der Waals surface area contributed by atoms with Gasteiger partial charge in [0.2, 0.25) is 0 Å². The highest BCUT2D eigenvalue weighted by Crippen LogP contribution is 2.30. The molecule has 0 aromatic rings. The Morgan fingerprint density at radius 1 is 0.708 bits per heavy atom. The lowest BCUT2D eigenvalue weighted by molar-refractivity contribution is 0.227. The van der Waals surface area contributed by atoms with Crippen LogP contribution < -0.4 is 22.9 Å². The van der Waals surface area contributed by atoms with Crippen molar-refractivity contribution >= 4 is 0 Å². The fourth-order valence-electron chi connectivity index (χ4n) is 3.70. The minimum atomic E-state index is 0.0984. The average Bonchev–Trinajstić information content (AvgIpc) is 2.51. The molecule has 0 aliphatic heterocycles. The van der Waals surface area contributed by atoms with Crippen LogP contribution in [0, 0.1) is 11.3 Å². The summed E-state index contributed by atoms with van der Waals surface area (Å²) < 4.78 is 0. The predicted molar refractivity (Wildman–Crippen MR) is 108 cm³/mol. The van der Waals surface area contributed by atoms with E-state index in [9.17, 15) is 0 Å². The standard InChI is InChI=1S/C20H46N4/c1-17(16-22)14-20(2,3)15-19(24)18(23)12-10-8-6-4-5-7-9-11-13-21/h17-19H,4-16,21-24H2,1-3H3. The summed E-state index contributed by atoms with van der Waals surface area (Å²) in [6, 6.07) is 0.225. The highest BCUT2D eigenvalue weighted by Gasteiger charge is 2.26. The highest BCUT2D eigenvalue weighted by molar-refractivity contribution is 4.84. The van der Waals surface area contributed by atoms with Crippen molar-refractivity contribution in [3.8, 4) is 0 Å². The van der Waals surface area contributed by atoms with Crippen molar-refractivity contribution in [3.05, 3.63) is 0 Å². The minimum Gasteiger partial charge on any atom is -0.330 e. The Morgan fingerprint density at radius 2 is 1.21 bits per heavy atom. The van der Waals surface area contributed by atoms with E-state index in [0.717, 1.165) is 32.4 Å². The van der Waals surface area contributed by atoms with E-state index in [0.29, 0.717) is 5.92 Å². The van der Waals surface area contributed by atoms with E-state index in [1.807, 2.05) is 0 Å². The molecule has 0 radical (unpaired) electrons. The smallest absolute Gasteiger partial charge is 0.0197 e. The van der Waals surface area contributed by atoms with Crippen molar-refractivity contribution in [3.63, 3.8) is 0 Å². The molecule has 3 unspecified atom stereocenters. The van der Waals surface area contributed by atoms with Crippen molar-refractivity contribution in [1.29, 1.82) is 0 Å². The summed E-state index contributed by atoms with van der Waals surface area (Å²) in [5, 5.41) is 0. The molecule has 0 rings (SSSR count). The Kier molecular flexibility index (Phi) is 14.0. The van der Waals surface area contributed by atoms with Gasteiger partial charge in [-0.05, 0) is 50.1 Å². The molecule has 3 atom stereocenters. The second-order valence-corrected chi connectivity index (χ2v) is 8.65. The average molecular weight is 343 g/mol. The number of hydrogen-bond acceptors (Lipinski definition) is 4. The molecule has 24 heavy (non-hydrogen) atoms. The maximum absolute atomic E-state index is 6.36. The van der Waals surface area contributed by atoms with Crippen LogP contribution in [0.15, 0.2) is 0 Å². The number of unbranched alkanes of at least 4 members (excludes halogenated alkanes) is 7. The van der Waals surface area contributed by atoms with E-state index in [2.05, 4.69) is 20.8 Å². The van der Waals surface area contributed by atoms with Crippen LogP contribution in [0.4, 0.5) is 0 Å². The Labute approximate surface area is 151 Å². The lowest BCUT2D eigenvalue weighted by atomic mass is 9.77. The first kappa shape index (κ1) is 23.8. The van der Waals surface area contributed by atoms with Crippen LogP contribution in [0.1, 0.15) is 91.4 Å². The zero-order valence-corrected chi connectivity index (χ0v) is 16.7. The molecule has 0 saturated carbocycles. The van der Waals surface area contributed by atoms with Gasteiger partial charge in [0.25, 0.3) is 0 Å². The number of nitrogens with two attached hydrogens (primary N) is 4. The van der Waals surface area contributed by atoms with E-state index in [4.69, 9.17) is 22.9 Å². The Bertz CT molecular complexity index is 281. The van der Waals surface area contributed by atoms with Crippen molar-refractivity contribution < 1.29 is 0 Å². The summed E-state index contributed by atoms with van der Waals surface area (Å²) >= 11 is 0. The normalized spacial score (nSPS) is 16.1. The second kappa shape index (κ2) is 14.1. The molecule has 8 N–H and O–H groups in total. The van der Waals surface area contributed by atoms with Gasteiger partial charge in [0, 0.05) is 12.1 Å². The molecule has 0 aromatic carbocycles. The molecule has 0 bridgehead atoms.